The van der Waals surface area contributed by atoms with Crippen molar-refractivity contribution in [1.29, 1.82) is 0 Å². The van der Waals surface area contributed by atoms with Crippen LogP contribution in [0, 0.1) is 0 Å². The number of benzene rings is 1. The third-order valence-electron chi connectivity index (χ3n) is 7.01. The summed E-state index contributed by atoms with van der Waals surface area (Å²) in [4.78, 5) is 30.4. The molecule has 1 aromatic carbocycles. The number of halogens is 3. The average Bonchev–Trinajstić information content (AvgIpc) is 3.19. The minimum atomic E-state index is -4.62. The van der Waals surface area contributed by atoms with Gasteiger partial charge >= 0.3 is 12.1 Å². The second kappa shape index (κ2) is 11.7. The van der Waals surface area contributed by atoms with Crippen LogP contribution >= 0.6 is 0 Å². The molecule has 0 unspecified atom stereocenters. The van der Waals surface area contributed by atoms with E-state index in [9.17, 15) is 22.8 Å². The molecule has 2 aliphatic rings. The van der Waals surface area contributed by atoms with Crippen molar-refractivity contribution >= 4 is 17.4 Å². The number of ether oxygens (including phenoxy) is 3. The van der Waals surface area contributed by atoms with E-state index in [1.807, 2.05) is 0 Å². The molecule has 0 bridgehead atoms. The van der Waals surface area contributed by atoms with Crippen LogP contribution in [0.1, 0.15) is 55.0 Å². The lowest BCUT2D eigenvalue weighted by atomic mass is 9.85. The van der Waals surface area contributed by atoms with E-state index >= 15 is 0 Å². The zero-order valence-electron chi connectivity index (χ0n) is 23.5. The monoisotopic (exact) mass is 563 g/mol. The standard InChI is InChI=1S/C29H36F3N3O5/c1-19(2)40-27(37)23-17-35(18-28(3,4)25-22(23)16-24(33(25)5)29(30,31)32)26(36)20-6-8-21(9-7-20)39-15-12-34-10-13-38-14-11-34/h6-9,16-17,19H,10-15,18H2,1-5H3. The fourth-order valence-electron chi connectivity index (χ4n) is 5.22. The van der Waals surface area contributed by atoms with Gasteiger partial charge in [0.2, 0.25) is 0 Å². The SMILES string of the molecule is CC(C)OC(=O)C1=CN(C(=O)c2ccc(OCCN3CCOCC3)cc2)CC(C)(C)c2c1cc(C(F)(F)F)n2C. The highest BCUT2D eigenvalue weighted by Gasteiger charge is 2.43. The maximum absolute atomic E-state index is 13.8. The second-order valence-electron chi connectivity index (χ2n) is 11.0. The van der Waals surface area contributed by atoms with Crippen LogP contribution in [-0.2, 0) is 32.9 Å². The van der Waals surface area contributed by atoms with Gasteiger partial charge in [0.25, 0.3) is 5.91 Å². The maximum Gasteiger partial charge on any atom is 0.431 e. The van der Waals surface area contributed by atoms with Gasteiger partial charge in [0.05, 0.1) is 24.9 Å². The molecule has 0 aliphatic carbocycles. The van der Waals surface area contributed by atoms with E-state index in [0.717, 1.165) is 30.3 Å². The molecule has 40 heavy (non-hydrogen) atoms. The molecule has 2 aliphatic heterocycles. The van der Waals surface area contributed by atoms with Gasteiger partial charge in [-0.05, 0) is 44.2 Å². The Labute approximate surface area is 232 Å². The molecule has 0 atom stereocenters. The largest absolute Gasteiger partial charge is 0.492 e. The van der Waals surface area contributed by atoms with E-state index in [0.29, 0.717) is 36.8 Å². The highest BCUT2D eigenvalue weighted by Crippen LogP contribution is 2.42. The molecule has 3 heterocycles. The lowest BCUT2D eigenvalue weighted by Crippen LogP contribution is -2.38. The van der Waals surface area contributed by atoms with Gasteiger partial charge in [0.1, 0.15) is 18.1 Å². The molecule has 0 N–H and O–H groups in total. The molecule has 0 saturated carbocycles. The molecule has 1 fully saturated rings. The lowest BCUT2D eigenvalue weighted by molar-refractivity contribution is -0.143. The Morgan fingerprint density at radius 1 is 1.10 bits per heavy atom. The normalized spacial score (nSPS) is 17.7. The number of hydrogen-bond acceptors (Lipinski definition) is 6. The van der Waals surface area contributed by atoms with Gasteiger partial charge in [0, 0.05) is 61.7 Å². The number of alkyl halides is 3. The number of fused-ring (bicyclic) bond motifs is 1. The first-order valence-electron chi connectivity index (χ1n) is 13.3. The first-order chi connectivity index (χ1) is 18.8. The van der Waals surface area contributed by atoms with Gasteiger partial charge in [-0.15, -0.1) is 0 Å². The maximum atomic E-state index is 13.8. The number of aromatic nitrogens is 1. The minimum absolute atomic E-state index is 0.0459. The number of rotatable bonds is 7. The van der Waals surface area contributed by atoms with Crippen molar-refractivity contribution in [3.63, 3.8) is 0 Å². The molecule has 1 aromatic heterocycles. The van der Waals surface area contributed by atoms with Crippen molar-refractivity contribution < 1.29 is 37.0 Å². The van der Waals surface area contributed by atoms with Crippen LogP contribution in [0.4, 0.5) is 13.2 Å². The smallest absolute Gasteiger partial charge is 0.431 e. The Balaban J connectivity index is 1.60. The van der Waals surface area contributed by atoms with Crippen molar-refractivity contribution in [3.05, 3.63) is 59.0 Å². The van der Waals surface area contributed by atoms with Gasteiger partial charge in [-0.2, -0.15) is 13.2 Å². The van der Waals surface area contributed by atoms with E-state index in [2.05, 4.69) is 4.90 Å². The Morgan fingerprint density at radius 2 is 1.75 bits per heavy atom. The van der Waals surface area contributed by atoms with Crippen LogP contribution < -0.4 is 4.74 Å². The quantitative estimate of drug-likeness (QED) is 0.463. The van der Waals surface area contributed by atoms with E-state index in [1.54, 1.807) is 52.0 Å². The number of carbonyl (C=O) groups excluding carboxylic acids is 2. The van der Waals surface area contributed by atoms with Crippen molar-refractivity contribution in [1.82, 2.24) is 14.4 Å². The molecule has 0 radical (unpaired) electrons. The van der Waals surface area contributed by atoms with Crippen LogP contribution in [-0.4, -0.2) is 78.3 Å². The van der Waals surface area contributed by atoms with Gasteiger partial charge in [-0.25, -0.2) is 4.79 Å². The predicted octanol–water partition coefficient (Wildman–Crippen LogP) is 4.48. The molecular formula is C29H36F3N3O5. The van der Waals surface area contributed by atoms with Crippen LogP contribution in [0.15, 0.2) is 36.5 Å². The molecule has 218 valence electrons. The van der Waals surface area contributed by atoms with Crippen LogP contribution in [0.3, 0.4) is 0 Å². The van der Waals surface area contributed by atoms with Crippen LogP contribution in [0.25, 0.3) is 5.57 Å². The molecule has 1 saturated heterocycles. The average molecular weight is 564 g/mol. The number of esters is 1. The first-order valence-corrected chi connectivity index (χ1v) is 13.3. The molecular weight excluding hydrogens is 527 g/mol. The summed E-state index contributed by atoms with van der Waals surface area (Å²) >= 11 is 0. The topological polar surface area (TPSA) is 73.2 Å². The van der Waals surface area contributed by atoms with Crippen molar-refractivity contribution in [2.45, 2.75) is 45.4 Å². The van der Waals surface area contributed by atoms with Gasteiger partial charge in [0.15, 0.2) is 0 Å². The number of morpholine rings is 1. The second-order valence-corrected chi connectivity index (χ2v) is 11.0. The van der Waals surface area contributed by atoms with E-state index in [4.69, 9.17) is 14.2 Å². The summed E-state index contributed by atoms with van der Waals surface area (Å²) in [6.07, 6.45) is -3.81. The zero-order chi connectivity index (χ0) is 29.2. The Morgan fingerprint density at radius 3 is 2.35 bits per heavy atom. The van der Waals surface area contributed by atoms with E-state index in [-0.39, 0.29) is 17.7 Å². The predicted molar refractivity (Wildman–Crippen MR) is 143 cm³/mol. The summed E-state index contributed by atoms with van der Waals surface area (Å²) < 4.78 is 59.1. The van der Waals surface area contributed by atoms with E-state index < -0.39 is 35.3 Å². The fraction of sp³-hybridized carbons (Fsp3) is 0.517. The van der Waals surface area contributed by atoms with Crippen LogP contribution in [0.2, 0.25) is 0 Å². The molecule has 4 rings (SSSR count). The summed E-state index contributed by atoms with van der Waals surface area (Å²) in [5.41, 5.74) is -1.15. The number of nitrogens with zero attached hydrogens (tertiary/aromatic N) is 3. The highest BCUT2D eigenvalue weighted by molar-refractivity contribution is 6.17. The molecule has 2 aromatic rings. The Bertz CT molecular complexity index is 1260. The van der Waals surface area contributed by atoms with Crippen molar-refractivity contribution in [2.24, 2.45) is 7.05 Å². The molecule has 8 nitrogen and oxygen atoms in total. The summed E-state index contributed by atoms with van der Waals surface area (Å²) in [6.45, 7) is 11.3. The summed E-state index contributed by atoms with van der Waals surface area (Å²) in [7, 11) is 1.32. The third-order valence-corrected chi connectivity index (χ3v) is 7.01. The first kappa shape index (κ1) is 29.7. The minimum Gasteiger partial charge on any atom is -0.492 e. The van der Waals surface area contributed by atoms with Crippen LogP contribution in [0.5, 0.6) is 5.75 Å². The van der Waals surface area contributed by atoms with Gasteiger partial charge < -0.3 is 23.7 Å². The summed E-state index contributed by atoms with van der Waals surface area (Å²) in [5, 5.41) is 0. The molecule has 11 heteroatoms. The fourth-order valence-corrected chi connectivity index (χ4v) is 5.22. The highest BCUT2D eigenvalue weighted by atomic mass is 19.4. The number of hydrogen-bond donors (Lipinski definition) is 0. The molecule has 1 amide bonds. The number of amides is 1. The summed E-state index contributed by atoms with van der Waals surface area (Å²) in [5.74, 6) is -0.577. The zero-order valence-corrected chi connectivity index (χ0v) is 23.5. The van der Waals surface area contributed by atoms with Crippen molar-refractivity contribution in [2.75, 3.05) is 46.0 Å². The third kappa shape index (κ3) is 6.52. The Kier molecular flexibility index (Phi) is 8.65. The van der Waals surface area contributed by atoms with E-state index in [1.165, 1.54) is 18.1 Å². The lowest BCUT2D eigenvalue weighted by Gasteiger charge is -2.30. The van der Waals surface area contributed by atoms with Gasteiger partial charge in [-0.3, -0.25) is 9.69 Å². The summed E-state index contributed by atoms with van der Waals surface area (Å²) in [6, 6.07) is 7.65. The number of carbonyl (C=O) groups is 2. The van der Waals surface area contributed by atoms with Gasteiger partial charge in [-0.1, -0.05) is 13.8 Å². The molecule has 0 spiro atoms. The Hall–Kier alpha value is -3.31. The van der Waals surface area contributed by atoms with Crippen molar-refractivity contribution in [3.8, 4) is 5.75 Å².